The minimum Gasteiger partial charge on any atom is -0.360 e. The second-order valence-electron chi connectivity index (χ2n) is 4.13. The van der Waals surface area contributed by atoms with E-state index in [1.807, 2.05) is 18.2 Å². The minimum atomic E-state index is -3.51. The molecule has 0 radical (unpaired) electrons. The number of hydrogen-bond acceptors (Lipinski definition) is 2. The van der Waals surface area contributed by atoms with E-state index in [9.17, 15) is 8.42 Å². The third kappa shape index (κ3) is 1.99. The van der Waals surface area contributed by atoms with E-state index in [4.69, 9.17) is 0 Å². The van der Waals surface area contributed by atoms with E-state index in [2.05, 4.69) is 20.9 Å². The van der Waals surface area contributed by atoms with Crippen LogP contribution >= 0.6 is 15.9 Å². The summed E-state index contributed by atoms with van der Waals surface area (Å²) >= 11 is 3.41. The Morgan fingerprint density at radius 2 is 1.68 bits per heavy atom. The lowest BCUT2D eigenvalue weighted by molar-refractivity contribution is 0.597. The maximum absolute atomic E-state index is 12.6. The van der Waals surface area contributed by atoms with Crippen molar-refractivity contribution in [3.63, 3.8) is 0 Å². The summed E-state index contributed by atoms with van der Waals surface area (Å²) < 4.78 is 26.0. The number of nitrogens with one attached hydrogen (secondary N) is 1. The van der Waals surface area contributed by atoms with Crippen LogP contribution in [-0.4, -0.2) is 13.4 Å². The summed E-state index contributed by atoms with van der Waals surface area (Å²) in [6, 6.07) is 14.0. The normalized spacial score (nSPS) is 11.8. The number of H-pyrrole nitrogens is 1. The molecule has 0 amide bonds. The second-order valence-corrected chi connectivity index (χ2v) is 6.90. The molecule has 19 heavy (non-hydrogen) atoms. The maximum Gasteiger partial charge on any atom is 0.208 e. The molecule has 3 aromatic rings. The molecule has 0 fully saturated rings. The summed E-state index contributed by atoms with van der Waals surface area (Å²) in [7, 11) is -3.51. The SMILES string of the molecule is O=S(=O)(c1ccccc1)c1c[nH]c2cccc(Br)c12. The van der Waals surface area contributed by atoms with Gasteiger partial charge in [0.15, 0.2) is 0 Å². The lowest BCUT2D eigenvalue weighted by Gasteiger charge is -2.03. The molecule has 1 heterocycles. The Hall–Kier alpha value is -1.59. The minimum absolute atomic E-state index is 0.293. The first-order valence-corrected chi connectivity index (χ1v) is 7.94. The maximum atomic E-state index is 12.6. The Labute approximate surface area is 119 Å². The average Bonchev–Trinajstić information content (AvgIpc) is 2.86. The molecule has 5 heteroatoms. The van der Waals surface area contributed by atoms with Crippen LogP contribution in [0.5, 0.6) is 0 Å². The highest BCUT2D eigenvalue weighted by Crippen LogP contribution is 2.32. The Kier molecular flexibility index (Phi) is 2.95. The zero-order valence-electron chi connectivity index (χ0n) is 9.80. The van der Waals surface area contributed by atoms with Crippen LogP contribution in [0, 0.1) is 0 Å². The molecule has 96 valence electrons. The van der Waals surface area contributed by atoms with Crippen molar-refractivity contribution in [2.45, 2.75) is 9.79 Å². The molecule has 2 aromatic carbocycles. The topological polar surface area (TPSA) is 49.9 Å². The molecule has 0 unspecified atom stereocenters. The lowest BCUT2D eigenvalue weighted by Crippen LogP contribution is -2.00. The van der Waals surface area contributed by atoms with Crippen LogP contribution < -0.4 is 0 Å². The van der Waals surface area contributed by atoms with Crippen LogP contribution in [0.15, 0.2) is 69.0 Å². The monoisotopic (exact) mass is 335 g/mol. The molecule has 0 saturated carbocycles. The highest BCUT2D eigenvalue weighted by Gasteiger charge is 2.22. The van der Waals surface area contributed by atoms with Gasteiger partial charge in [-0.2, -0.15) is 0 Å². The number of rotatable bonds is 2. The molecule has 0 aliphatic carbocycles. The zero-order valence-corrected chi connectivity index (χ0v) is 12.2. The fourth-order valence-electron chi connectivity index (χ4n) is 2.05. The predicted molar refractivity (Wildman–Crippen MR) is 77.9 cm³/mol. The van der Waals surface area contributed by atoms with Crippen molar-refractivity contribution in [3.05, 3.63) is 59.2 Å². The van der Waals surface area contributed by atoms with Crippen LogP contribution in [0.2, 0.25) is 0 Å². The zero-order chi connectivity index (χ0) is 13.5. The van der Waals surface area contributed by atoms with Crippen LogP contribution in [0.4, 0.5) is 0 Å². The van der Waals surface area contributed by atoms with Crippen LogP contribution in [0.1, 0.15) is 0 Å². The van der Waals surface area contributed by atoms with Crippen LogP contribution in [0.3, 0.4) is 0 Å². The fraction of sp³-hybridized carbons (Fsp3) is 0. The largest absolute Gasteiger partial charge is 0.360 e. The van der Waals surface area contributed by atoms with Crippen LogP contribution in [0.25, 0.3) is 10.9 Å². The van der Waals surface area contributed by atoms with Crippen molar-refractivity contribution in [1.82, 2.24) is 4.98 Å². The van der Waals surface area contributed by atoms with Gasteiger partial charge in [0, 0.05) is 21.6 Å². The molecule has 3 rings (SSSR count). The molecule has 0 saturated heterocycles. The van der Waals surface area contributed by atoms with Crippen molar-refractivity contribution in [2.24, 2.45) is 0 Å². The van der Waals surface area contributed by atoms with Crippen molar-refractivity contribution in [3.8, 4) is 0 Å². The number of sulfone groups is 1. The molecule has 0 bridgehead atoms. The smallest absolute Gasteiger partial charge is 0.208 e. The first kappa shape index (κ1) is 12.4. The summed E-state index contributed by atoms with van der Waals surface area (Å²) in [4.78, 5) is 3.59. The molecule has 0 aliphatic rings. The van der Waals surface area contributed by atoms with Crippen LogP contribution in [-0.2, 0) is 9.84 Å². The Balaban J connectivity index is 2.31. The third-order valence-electron chi connectivity index (χ3n) is 2.96. The van der Waals surface area contributed by atoms with Crippen molar-refractivity contribution in [1.29, 1.82) is 0 Å². The van der Waals surface area contributed by atoms with Gasteiger partial charge in [-0.3, -0.25) is 0 Å². The van der Waals surface area contributed by atoms with Crippen molar-refractivity contribution < 1.29 is 8.42 Å². The first-order chi connectivity index (χ1) is 9.10. The Bertz CT molecular complexity index is 838. The third-order valence-corrected chi connectivity index (χ3v) is 5.42. The number of halogens is 1. The molecule has 0 spiro atoms. The highest BCUT2D eigenvalue weighted by atomic mass is 79.9. The van der Waals surface area contributed by atoms with E-state index < -0.39 is 9.84 Å². The van der Waals surface area contributed by atoms with E-state index in [0.29, 0.717) is 15.2 Å². The fourth-order valence-corrected chi connectivity index (χ4v) is 4.23. The van der Waals surface area contributed by atoms with Gasteiger partial charge in [-0.05, 0) is 24.3 Å². The summed E-state index contributed by atoms with van der Waals surface area (Å²) in [5.74, 6) is 0. The van der Waals surface area contributed by atoms with E-state index in [1.165, 1.54) is 6.20 Å². The average molecular weight is 336 g/mol. The summed E-state index contributed by atoms with van der Waals surface area (Å²) in [6.07, 6.45) is 1.54. The highest BCUT2D eigenvalue weighted by molar-refractivity contribution is 9.10. The molecule has 3 nitrogen and oxygen atoms in total. The second kappa shape index (κ2) is 4.51. The molecular weight excluding hydrogens is 326 g/mol. The van der Waals surface area contributed by atoms with Gasteiger partial charge in [0.05, 0.1) is 9.79 Å². The summed E-state index contributed by atoms with van der Waals surface area (Å²) in [5, 5.41) is 0.686. The van der Waals surface area contributed by atoms with E-state index >= 15 is 0 Å². The Morgan fingerprint density at radius 1 is 0.947 bits per heavy atom. The van der Waals surface area contributed by atoms with Gasteiger partial charge in [0.2, 0.25) is 9.84 Å². The molecular formula is C14H10BrNO2S. The van der Waals surface area contributed by atoms with E-state index in [1.54, 1.807) is 30.3 Å². The number of fused-ring (bicyclic) bond motifs is 1. The van der Waals surface area contributed by atoms with E-state index in [0.717, 1.165) is 9.99 Å². The van der Waals surface area contributed by atoms with Gasteiger partial charge >= 0.3 is 0 Å². The number of benzene rings is 2. The molecule has 0 atom stereocenters. The van der Waals surface area contributed by atoms with Gasteiger partial charge < -0.3 is 4.98 Å². The van der Waals surface area contributed by atoms with Gasteiger partial charge in [0.1, 0.15) is 0 Å². The summed E-state index contributed by atoms with van der Waals surface area (Å²) in [6.45, 7) is 0. The Morgan fingerprint density at radius 3 is 2.42 bits per heavy atom. The van der Waals surface area contributed by atoms with Crippen molar-refractivity contribution >= 4 is 36.7 Å². The summed E-state index contributed by atoms with van der Waals surface area (Å²) in [5.41, 5.74) is 0.795. The number of aromatic amines is 1. The van der Waals surface area contributed by atoms with Gasteiger partial charge in [0.25, 0.3) is 0 Å². The predicted octanol–water partition coefficient (Wildman–Crippen LogP) is 3.76. The lowest BCUT2D eigenvalue weighted by atomic mass is 10.2. The van der Waals surface area contributed by atoms with E-state index in [-0.39, 0.29) is 0 Å². The quantitative estimate of drug-likeness (QED) is 0.775. The molecule has 1 N–H and O–H groups in total. The standard InChI is InChI=1S/C14H10BrNO2S/c15-11-7-4-8-12-14(11)13(9-16-12)19(17,18)10-5-2-1-3-6-10/h1-9,16H. The van der Waals surface area contributed by atoms with Gasteiger partial charge in [-0.1, -0.05) is 40.2 Å². The van der Waals surface area contributed by atoms with Gasteiger partial charge in [-0.15, -0.1) is 0 Å². The first-order valence-electron chi connectivity index (χ1n) is 5.66. The number of hydrogen-bond donors (Lipinski definition) is 1. The molecule has 1 aromatic heterocycles. The molecule has 0 aliphatic heterocycles. The number of aromatic nitrogens is 1. The van der Waals surface area contributed by atoms with Gasteiger partial charge in [-0.25, -0.2) is 8.42 Å². The van der Waals surface area contributed by atoms with Crippen molar-refractivity contribution in [2.75, 3.05) is 0 Å².